The van der Waals surface area contributed by atoms with Crippen LogP contribution in [0.4, 0.5) is 0 Å². The van der Waals surface area contributed by atoms with E-state index in [2.05, 4.69) is 37.1 Å². The largest absolute Gasteiger partial charge is 0.353 e. The molecule has 0 N–H and O–H groups in total. The number of benzene rings is 1. The van der Waals surface area contributed by atoms with Crippen molar-refractivity contribution in [3.63, 3.8) is 0 Å². The van der Waals surface area contributed by atoms with Gasteiger partial charge in [0, 0.05) is 13.0 Å². The van der Waals surface area contributed by atoms with Crippen molar-refractivity contribution in [1.82, 2.24) is 0 Å². The van der Waals surface area contributed by atoms with Crippen LogP contribution in [0.1, 0.15) is 42.9 Å². The Morgan fingerprint density at radius 3 is 2.78 bits per heavy atom. The summed E-state index contributed by atoms with van der Waals surface area (Å²) in [6.45, 7) is 2.87. The first kappa shape index (κ1) is 13.1. The van der Waals surface area contributed by atoms with Crippen LogP contribution in [0.2, 0.25) is 0 Å². The first-order valence-electron chi connectivity index (χ1n) is 6.56. The van der Waals surface area contributed by atoms with Gasteiger partial charge in [0.25, 0.3) is 0 Å². The third-order valence-electron chi connectivity index (χ3n) is 3.21. The number of terminal acetylenes is 1. The number of hydrogen-bond donors (Lipinski definition) is 0. The topological polar surface area (TPSA) is 18.5 Å². The average molecular weight is 244 g/mol. The third-order valence-corrected chi connectivity index (χ3v) is 3.21. The molecule has 96 valence electrons. The molecule has 0 aliphatic carbocycles. The van der Waals surface area contributed by atoms with Crippen molar-refractivity contribution in [3.8, 4) is 12.3 Å². The molecule has 2 rings (SSSR count). The average Bonchev–Trinajstić information content (AvgIpc) is 2.40. The summed E-state index contributed by atoms with van der Waals surface area (Å²) in [6, 6.07) is 8.34. The Balaban J connectivity index is 2.03. The lowest BCUT2D eigenvalue weighted by atomic mass is 10.0. The molecule has 0 amide bonds. The molecule has 0 spiro atoms. The van der Waals surface area contributed by atoms with E-state index in [1.807, 2.05) is 0 Å². The van der Waals surface area contributed by atoms with E-state index in [9.17, 15) is 0 Å². The SMILES string of the molecule is C#CCC(OC1CCCCO1)c1ccc(C)cc1. The van der Waals surface area contributed by atoms with Crippen LogP contribution in [0.25, 0.3) is 0 Å². The van der Waals surface area contributed by atoms with Gasteiger partial charge in [-0.3, -0.25) is 0 Å². The second-order valence-corrected chi connectivity index (χ2v) is 4.74. The molecule has 0 radical (unpaired) electrons. The molecule has 2 heteroatoms. The zero-order valence-electron chi connectivity index (χ0n) is 10.9. The zero-order chi connectivity index (χ0) is 12.8. The van der Waals surface area contributed by atoms with E-state index in [4.69, 9.17) is 15.9 Å². The van der Waals surface area contributed by atoms with Crippen molar-refractivity contribution in [2.45, 2.75) is 45.0 Å². The molecule has 1 fully saturated rings. The van der Waals surface area contributed by atoms with Crippen molar-refractivity contribution in [2.75, 3.05) is 6.61 Å². The molecule has 2 nitrogen and oxygen atoms in total. The molecule has 1 aliphatic rings. The molecule has 0 bridgehead atoms. The summed E-state index contributed by atoms with van der Waals surface area (Å²) in [6.07, 6.45) is 9.12. The highest BCUT2D eigenvalue weighted by molar-refractivity contribution is 5.24. The van der Waals surface area contributed by atoms with Gasteiger partial charge in [-0.15, -0.1) is 12.3 Å². The van der Waals surface area contributed by atoms with Crippen LogP contribution in [0.5, 0.6) is 0 Å². The Morgan fingerprint density at radius 1 is 1.39 bits per heavy atom. The zero-order valence-corrected chi connectivity index (χ0v) is 10.9. The summed E-state index contributed by atoms with van der Waals surface area (Å²) in [4.78, 5) is 0. The number of ether oxygens (including phenoxy) is 2. The van der Waals surface area contributed by atoms with Crippen LogP contribution >= 0.6 is 0 Å². The maximum atomic E-state index is 5.99. The molecular formula is C16H20O2. The number of aryl methyl sites for hydroxylation is 1. The Bertz CT molecular complexity index is 396. The van der Waals surface area contributed by atoms with E-state index in [-0.39, 0.29) is 12.4 Å². The van der Waals surface area contributed by atoms with E-state index in [1.54, 1.807) is 0 Å². The Kier molecular flexibility index (Phi) is 4.81. The van der Waals surface area contributed by atoms with Gasteiger partial charge >= 0.3 is 0 Å². The lowest BCUT2D eigenvalue weighted by Crippen LogP contribution is -2.24. The van der Waals surface area contributed by atoms with Crippen LogP contribution in [0.3, 0.4) is 0 Å². The monoisotopic (exact) mass is 244 g/mol. The molecule has 1 saturated heterocycles. The quantitative estimate of drug-likeness (QED) is 0.753. The van der Waals surface area contributed by atoms with Crippen molar-refractivity contribution < 1.29 is 9.47 Å². The molecule has 2 unspecified atom stereocenters. The maximum absolute atomic E-state index is 5.99. The highest BCUT2D eigenvalue weighted by Crippen LogP contribution is 2.26. The van der Waals surface area contributed by atoms with E-state index < -0.39 is 0 Å². The van der Waals surface area contributed by atoms with Gasteiger partial charge in [0.2, 0.25) is 0 Å². The van der Waals surface area contributed by atoms with Gasteiger partial charge in [0.05, 0.1) is 6.10 Å². The van der Waals surface area contributed by atoms with Crippen molar-refractivity contribution >= 4 is 0 Å². The minimum absolute atomic E-state index is 0.0568. The summed E-state index contributed by atoms with van der Waals surface area (Å²) in [5.74, 6) is 2.69. The van der Waals surface area contributed by atoms with Crippen molar-refractivity contribution in [2.24, 2.45) is 0 Å². The normalized spacial score (nSPS) is 21.2. The molecule has 0 aromatic heterocycles. The lowest BCUT2D eigenvalue weighted by molar-refractivity contribution is -0.188. The molecule has 2 atom stereocenters. The second-order valence-electron chi connectivity index (χ2n) is 4.74. The van der Waals surface area contributed by atoms with E-state index in [1.165, 1.54) is 12.0 Å². The van der Waals surface area contributed by atoms with Crippen LogP contribution < -0.4 is 0 Å². The standard InChI is InChI=1S/C16H20O2/c1-3-6-15(14-10-8-13(2)9-11-14)18-16-7-4-5-12-17-16/h1,8-11,15-16H,4-7,12H2,2H3. The van der Waals surface area contributed by atoms with Crippen molar-refractivity contribution in [3.05, 3.63) is 35.4 Å². The number of rotatable bonds is 4. The van der Waals surface area contributed by atoms with Gasteiger partial charge in [-0.25, -0.2) is 0 Å². The first-order chi connectivity index (χ1) is 8.79. The summed E-state index contributed by atoms with van der Waals surface area (Å²) >= 11 is 0. The Hall–Kier alpha value is -1.30. The lowest BCUT2D eigenvalue weighted by Gasteiger charge is -2.27. The summed E-state index contributed by atoms with van der Waals surface area (Å²) in [7, 11) is 0. The Labute approximate surface area is 109 Å². The van der Waals surface area contributed by atoms with Gasteiger partial charge in [0.1, 0.15) is 0 Å². The fourth-order valence-electron chi connectivity index (χ4n) is 2.13. The highest BCUT2D eigenvalue weighted by Gasteiger charge is 2.20. The minimum atomic E-state index is -0.0987. The van der Waals surface area contributed by atoms with Crippen molar-refractivity contribution in [1.29, 1.82) is 0 Å². The fourth-order valence-corrected chi connectivity index (χ4v) is 2.13. The van der Waals surface area contributed by atoms with E-state index in [0.29, 0.717) is 6.42 Å². The summed E-state index contributed by atoms with van der Waals surface area (Å²) in [5, 5.41) is 0. The molecule has 1 aliphatic heterocycles. The van der Waals surface area contributed by atoms with E-state index >= 15 is 0 Å². The third kappa shape index (κ3) is 3.60. The first-order valence-corrected chi connectivity index (χ1v) is 6.56. The van der Waals surface area contributed by atoms with E-state index in [0.717, 1.165) is 25.0 Å². The smallest absolute Gasteiger partial charge is 0.158 e. The highest BCUT2D eigenvalue weighted by atomic mass is 16.7. The molecular weight excluding hydrogens is 224 g/mol. The van der Waals surface area contributed by atoms with Crippen LogP contribution in [-0.4, -0.2) is 12.9 Å². The summed E-state index contributed by atoms with van der Waals surface area (Å²) < 4.78 is 11.6. The van der Waals surface area contributed by atoms with Gasteiger partial charge < -0.3 is 9.47 Å². The predicted molar refractivity (Wildman–Crippen MR) is 72.0 cm³/mol. The fraction of sp³-hybridized carbons (Fsp3) is 0.500. The van der Waals surface area contributed by atoms with Gasteiger partial charge in [0.15, 0.2) is 6.29 Å². The molecule has 18 heavy (non-hydrogen) atoms. The predicted octanol–water partition coefficient (Wildman–Crippen LogP) is 3.60. The molecule has 1 heterocycles. The number of hydrogen-bond acceptors (Lipinski definition) is 2. The van der Waals surface area contributed by atoms with Gasteiger partial charge in [-0.1, -0.05) is 29.8 Å². The maximum Gasteiger partial charge on any atom is 0.158 e. The van der Waals surface area contributed by atoms with Gasteiger partial charge in [-0.05, 0) is 31.7 Å². The molecule has 1 aromatic carbocycles. The minimum Gasteiger partial charge on any atom is -0.353 e. The van der Waals surface area contributed by atoms with Crippen LogP contribution in [0, 0.1) is 19.3 Å². The van der Waals surface area contributed by atoms with Crippen LogP contribution in [0.15, 0.2) is 24.3 Å². The molecule has 0 saturated carbocycles. The molecule has 1 aromatic rings. The van der Waals surface area contributed by atoms with Crippen LogP contribution in [-0.2, 0) is 9.47 Å². The second kappa shape index (κ2) is 6.58. The Morgan fingerprint density at radius 2 is 2.17 bits per heavy atom. The van der Waals surface area contributed by atoms with Gasteiger partial charge in [-0.2, -0.15) is 0 Å². The summed E-state index contributed by atoms with van der Waals surface area (Å²) in [5.41, 5.74) is 2.37.